The number of methoxy groups -OCH3 is 1. The van der Waals surface area contributed by atoms with E-state index < -0.39 is 5.41 Å². The molecule has 4 N–H and O–H groups in total. The summed E-state index contributed by atoms with van der Waals surface area (Å²) >= 11 is 0. The fourth-order valence-corrected chi connectivity index (χ4v) is 1.88. The van der Waals surface area contributed by atoms with Crippen LogP contribution in [0.25, 0.3) is 0 Å². The lowest BCUT2D eigenvalue weighted by Gasteiger charge is -2.25. The smallest absolute Gasteiger partial charge is 0.313 e. The van der Waals surface area contributed by atoms with Crippen molar-refractivity contribution in [1.82, 2.24) is 0 Å². The summed E-state index contributed by atoms with van der Waals surface area (Å²) in [6, 6.07) is 5.46. The first-order chi connectivity index (χ1) is 8.96. The zero-order valence-electron chi connectivity index (χ0n) is 11.7. The molecule has 1 rings (SSSR count). The molecule has 0 spiro atoms. The largest absolute Gasteiger partial charge is 0.495 e. The molecular formula is C14H22N2O3. The summed E-state index contributed by atoms with van der Waals surface area (Å²) in [5, 5.41) is 0. The highest BCUT2D eigenvalue weighted by Gasteiger charge is 2.33. The van der Waals surface area contributed by atoms with Gasteiger partial charge in [-0.3, -0.25) is 4.79 Å². The van der Waals surface area contributed by atoms with Crippen molar-refractivity contribution in [3.05, 3.63) is 23.8 Å². The van der Waals surface area contributed by atoms with Gasteiger partial charge in [-0.25, -0.2) is 0 Å². The maximum Gasteiger partial charge on any atom is 0.313 e. The van der Waals surface area contributed by atoms with Crippen LogP contribution in [0.4, 0.5) is 5.69 Å². The lowest BCUT2D eigenvalue weighted by atomic mass is 9.83. The highest BCUT2D eigenvalue weighted by molar-refractivity contribution is 5.77. The topological polar surface area (TPSA) is 87.6 Å². The van der Waals surface area contributed by atoms with Gasteiger partial charge in [-0.2, -0.15) is 0 Å². The van der Waals surface area contributed by atoms with E-state index in [1.54, 1.807) is 33.1 Å². The minimum absolute atomic E-state index is 0.220. The number of hydrogen-bond acceptors (Lipinski definition) is 5. The first-order valence-corrected chi connectivity index (χ1v) is 6.26. The molecule has 1 aromatic rings. The maximum atomic E-state index is 12.0. The standard InChI is InChI=1S/C14H22N2O3/c1-4-19-13(17)14(2,9-15)8-10-5-6-12(18-3)11(16)7-10/h5-7H,4,8-9,15-16H2,1-3H3. The number of rotatable bonds is 6. The molecule has 106 valence electrons. The number of esters is 1. The van der Waals surface area contributed by atoms with E-state index in [-0.39, 0.29) is 12.5 Å². The van der Waals surface area contributed by atoms with Crippen LogP contribution >= 0.6 is 0 Å². The molecule has 1 atom stereocenters. The Labute approximate surface area is 113 Å². The van der Waals surface area contributed by atoms with Crippen molar-refractivity contribution in [2.24, 2.45) is 11.1 Å². The summed E-state index contributed by atoms with van der Waals surface area (Å²) in [6.07, 6.45) is 0.483. The molecule has 1 aromatic carbocycles. The van der Waals surface area contributed by atoms with Crippen LogP contribution < -0.4 is 16.2 Å². The van der Waals surface area contributed by atoms with Crippen molar-refractivity contribution in [2.45, 2.75) is 20.3 Å². The lowest BCUT2D eigenvalue weighted by molar-refractivity contribution is -0.153. The molecule has 5 heteroatoms. The van der Waals surface area contributed by atoms with E-state index in [1.807, 2.05) is 6.07 Å². The molecule has 0 heterocycles. The van der Waals surface area contributed by atoms with E-state index in [4.69, 9.17) is 20.9 Å². The van der Waals surface area contributed by atoms with Gasteiger partial charge in [0.25, 0.3) is 0 Å². The fourth-order valence-electron chi connectivity index (χ4n) is 1.88. The minimum atomic E-state index is -0.739. The zero-order valence-corrected chi connectivity index (χ0v) is 11.7. The van der Waals surface area contributed by atoms with E-state index >= 15 is 0 Å². The molecule has 5 nitrogen and oxygen atoms in total. The number of hydrogen-bond donors (Lipinski definition) is 2. The van der Waals surface area contributed by atoms with Crippen molar-refractivity contribution in [2.75, 3.05) is 26.0 Å². The van der Waals surface area contributed by atoms with Gasteiger partial charge in [0, 0.05) is 6.54 Å². The molecule has 19 heavy (non-hydrogen) atoms. The Kier molecular flexibility index (Phi) is 5.18. The molecular weight excluding hydrogens is 244 g/mol. The van der Waals surface area contributed by atoms with Crippen molar-refractivity contribution in [1.29, 1.82) is 0 Å². The zero-order chi connectivity index (χ0) is 14.5. The highest BCUT2D eigenvalue weighted by Crippen LogP contribution is 2.28. The maximum absolute atomic E-state index is 12.0. The predicted molar refractivity (Wildman–Crippen MR) is 74.9 cm³/mol. The predicted octanol–water partition coefficient (Wildman–Crippen LogP) is 1.35. The summed E-state index contributed by atoms with van der Waals surface area (Å²) in [5.41, 5.74) is 12.3. The summed E-state index contributed by atoms with van der Waals surface area (Å²) < 4.78 is 10.2. The van der Waals surface area contributed by atoms with Crippen LogP contribution in [0.1, 0.15) is 19.4 Å². The number of nitrogens with two attached hydrogens (primary N) is 2. The summed E-state index contributed by atoms with van der Waals surface area (Å²) in [7, 11) is 1.56. The molecule has 0 aromatic heterocycles. The third kappa shape index (κ3) is 3.61. The second-order valence-corrected chi connectivity index (χ2v) is 4.74. The van der Waals surface area contributed by atoms with E-state index in [1.165, 1.54) is 0 Å². The molecule has 0 radical (unpaired) electrons. The third-order valence-corrected chi connectivity index (χ3v) is 3.11. The second-order valence-electron chi connectivity index (χ2n) is 4.74. The van der Waals surface area contributed by atoms with Gasteiger partial charge in [0.15, 0.2) is 0 Å². The van der Waals surface area contributed by atoms with E-state index in [2.05, 4.69) is 0 Å². The lowest BCUT2D eigenvalue weighted by Crippen LogP contribution is -2.39. The Morgan fingerprint density at radius 2 is 2.11 bits per heavy atom. The molecule has 1 unspecified atom stereocenters. The van der Waals surface area contributed by atoms with Crippen LogP contribution in [-0.4, -0.2) is 26.2 Å². The SMILES string of the molecule is CCOC(=O)C(C)(CN)Cc1ccc(OC)c(N)c1. The Hall–Kier alpha value is -1.75. The van der Waals surface area contributed by atoms with E-state index in [0.717, 1.165) is 5.56 Å². The molecule has 0 saturated carbocycles. The van der Waals surface area contributed by atoms with Crippen LogP contribution in [0.2, 0.25) is 0 Å². The summed E-state index contributed by atoms with van der Waals surface area (Å²) in [6.45, 7) is 4.14. The average Bonchev–Trinajstić information content (AvgIpc) is 2.39. The van der Waals surface area contributed by atoms with Crippen LogP contribution in [0, 0.1) is 5.41 Å². The summed E-state index contributed by atoms with van der Waals surface area (Å²) in [4.78, 5) is 12.0. The van der Waals surface area contributed by atoms with Gasteiger partial charge in [0.05, 0.1) is 24.8 Å². The molecule has 0 aliphatic carbocycles. The number of carbonyl (C=O) groups is 1. The van der Waals surface area contributed by atoms with Crippen molar-refractivity contribution in [3.63, 3.8) is 0 Å². The number of benzene rings is 1. The third-order valence-electron chi connectivity index (χ3n) is 3.11. The fraction of sp³-hybridized carbons (Fsp3) is 0.500. The van der Waals surface area contributed by atoms with Gasteiger partial charge in [-0.1, -0.05) is 6.07 Å². The van der Waals surface area contributed by atoms with Crippen molar-refractivity contribution >= 4 is 11.7 Å². The molecule has 0 bridgehead atoms. The van der Waals surface area contributed by atoms with Gasteiger partial charge < -0.3 is 20.9 Å². The molecule has 0 fully saturated rings. The number of carbonyl (C=O) groups excluding carboxylic acids is 1. The van der Waals surface area contributed by atoms with E-state index in [0.29, 0.717) is 24.5 Å². The quantitative estimate of drug-likeness (QED) is 0.599. The van der Waals surface area contributed by atoms with Crippen LogP contribution in [-0.2, 0) is 16.0 Å². The first kappa shape index (κ1) is 15.3. The Balaban J connectivity index is 2.92. The van der Waals surface area contributed by atoms with Gasteiger partial charge in [0.2, 0.25) is 0 Å². The second kappa shape index (κ2) is 6.43. The van der Waals surface area contributed by atoms with Gasteiger partial charge in [0.1, 0.15) is 5.75 Å². The van der Waals surface area contributed by atoms with Crippen LogP contribution in [0.15, 0.2) is 18.2 Å². The Bertz CT molecular complexity index is 448. The van der Waals surface area contributed by atoms with Crippen LogP contribution in [0.5, 0.6) is 5.75 Å². The molecule has 0 aliphatic heterocycles. The number of nitrogen functional groups attached to an aromatic ring is 1. The van der Waals surface area contributed by atoms with Gasteiger partial charge >= 0.3 is 5.97 Å². The minimum Gasteiger partial charge on any atom is -0.495 e. The monoisotopic (exact) mass is 266 g/mol. The normalized spacial score (nSPS) is 13.7. The van der Waals surface area contributed by atoms with E-state index in [9.17, 15) is 4.79 Å². The average molecular weight is 266 g/mol. The van der Waals surface area contributed by atoms with Crippen LogP contribution in [0.3, 0.4) is 0 Å². The molecule has 0 saturated heterocycles. The Morgan fingerprint density at radius 3 is 2.58 bits per heavy atom. The van der Waals surface area contributed by atoms with Crippen molar-refractivity contribution < 1.29 is 14.3 Å². The highest BCUT2D eigenvalue weighted by atomic mass is 16.5. The van der Waals surface area contributed by atoms with Gasteiger partial charge in [-0.05, 0) is 38.0 Å². The number of anilines is 1. The Morgan fingerprint density at radius 1 is 1.42 bits per heavy atom. The van der Waals surface area contributed by atoms with Crippen molar-refractivity contribution in [3.8, 4) is 5.75 Å². The first-order valence-electron chi connectivity index (χ1n) is 6.26. The van der Waals surface area contributed by atoms with Gasteiger partial charge in [-0.15, -0.1) is 0 Å². The molecule has 0 aliphatic rings. The summed E-state index contributed by atoms with van der Waals surface area (Å²) in [5.74, 6) is 0.334. The number of ether oxygens (including phenoxy) is 2. The molecule has 0 amide bonds.